The van der Waals surface area contributed by atoms with Gasteiger partial charge in [-0.15, -0.1) is 23.1 Å². The molecule has 0 aromatic carbocycles. The van der Waals surface area contributed by atoms with Gasteiger partial charge in [-0.05, 0) is 24.5 Å². The Hall–Kier alpha value is -0.680. The molecule has 2 N–H and O–H groups in total. The molecular weight excluding hydrogens is 288 g/mol. The summed E-state index contributed by atoms with van der Waals surface area (Å²) in [6, 6.07) is 0. The number of thioether (sulfide) groups is 1. The van der Waals surface area contributed by atoms with E-state index >= 15 is 0 Å². The molecule has 2 atom stereocenters. The number of nitrogen functional groups attached to an aromatic ring is 1. The number of hydrogen-bond donors (Lipinski definition) is 1. The van der Waals surface area contributed by atoms with Crippen molar-refractivity contribution in [3.63, 3.8) is 0 Å². The SMILES string of the molecule is CCC(=O)c1sc(N2CC(C)CC(C)C2)c(SC)c1N. The minimum atomic E-state index is 0.159. The van der Waals surface area contributed by atoms with Crippen LogP contribution in [0.1, 0.15) is 43.3 Å². The number of nitrogens with two attached hydrogens (primary N) is 1. The minimum Gasteiger partial charge on any atom is -0.396 e. The molecule has 1 aromatic heterocycles. The molecule has 20 heavy (non-hydrogen) atoms. The Morgan fingerprint density at radius 2 is 2.00 bits per heavy atom. The number of carbonyl (C=O) groups is 1. The van der Waals surface area contributed by atoms with Crippen LogP contribution in [0.15, 0.2) is 4.90 Å². The molecule has 3 nitrogen and oxygen atoms in total. The van der Waals surface area contributed by atoms with Crippen molar-refractivity contribution in [2.75, 3.05) is 30.0 Å². The zero-order valence-electron chi connectivity index (χ0n) is 12.7. The number of hydrogen-bond acceptors (Lipinski definition) is 5. The van der Waals surface area contributed by atoms with Crippen molar-refractivity contribution in [3.05, 3.63) is 4.88 Å². The first-order valence-electron chi connectivity index (χ1n) is 7.22. The smallest absolute Gasteiger partial charge is 0.174 e. The van der Waals surface area contributed by atoms with Gasteiger partial charge in [-0.3, -0.25) is 4.79 Å². The van der Waals surface area contributed by atoms with E-state index in [1.165, 1.54) is 11.4 Å². The summed E-state index contributed by atoms with van der Waals surface area (Å²) in [5.41, 5.74) is 6.90. The maximum atomic E-state index is 12.0. The van der Waals surface area contributed by atoms with E-state index < -0.39 is 0 Å². The molecule has 1 fully saturated rings. The van der Waals surface area contributed by atoms with Gasteiger partial charge < -0.3 is 10.6 Å². The lowest BCUT2D eigenvalue weighted by Crippen LogP contribution is -2.38. The summed E-state index contributed by atoms with van der Waals surface area (Å²) in [5, 5.41) is 1.20. The highest BCUT2D eigenvalue weighted by atomic mass is 32.2. The van der Waals surface area contributed by atoms with E-state index in [-0.39, 0.29) is 5.78 Å². The predicted octanol–water partition coefficient (Wildman–Crippen LogP) is 4.13. The molecule has 0 spiro atoms. The third-order valence-corrected chi connectivity index (χ3v) is 6.07. The first kappa shape index (κ1) is 15.7. The molecule has 0 amide bonds. The highest BCUT2D eigenvalue weighted by Crippen LogP contribution is 2.45. The summed E-state index contributed by atoms with van der Waals surface area (Å²) >= 11 is 3.24. The van der Waals surface area contributed by atoms with Gasteiger partial charge in [0.2, 0.25) is 0 Å². The second-order valence-corrected chi connectivity index (χ2v) is 7.63. The fraction of sp³-hybridized carbons (Fsp3) is 0.667. The molecule has 1 saturated heterocycles. The molecule has 2 rings (SSSR count). The third-order valence-electron chi connectivity index (χ3n) is 3.82. The van der Waals surface area contributed by atoms with Crippen LogP contribution in [-0.2, 0) is 0 Å². The van der Waals surface area contributed by atoms with Crippen molar-refractivity contribution in [2.45, 2.75) is 38.5 Å². The molecule has 0 aliphatic carbocycles. The fourth-order valence-electron chi connectivity index (χ4n) is 3.02. The van der Waals surface area contributed by atoms with Crippen molar-refractivity contribution >= 4 is 39.6 Å². The van der Waals surface area contributed by atoms with Crippen LogP contribution in [0.4, 0.5) is 10.7 Å². The van der Waals surface area contributed by atoms with Crippen molar-refractivity contribution < 1.29 is 4.79 Å². The Kier molecular flexibility index (Phi) is 5.02. The Balaban J connectivity index is 2.38. The van der Waals surface area contributed by atoms with Crippen LogP contribution in [0.5, 0.6) is 0 Å². The van der Waals surface area contributed by atoms with Crippen LogP contribution in [-0.4, -0.2) is 25.1 Å². The van der Waals surface area contributed by atoms with Crippen molar-refractivity contribution in [1.82, 2.24) is 0 Å². The van der Waals surface area contributed by atoms with Gasteiger partial charge in [0.15, 0.2) is 5.78 Å². The average molecular weight is 313 g/mol. The van der Waals surface area contributed by atoms with E-state index in [2.05, 4.69) is 18.7 Å². The first-order valence-corrected chi connectivity index (χ1v) is 9.26. The largest absolute Gasteiger partial charge is 0.396 e. The topological polar surface area (TPSA) is 46.3 Å². The molecule has 1 aliphatic heterocycles. The summed E-state index contributed by atoms with van der Waals surface area (Å²) in [6.45, 7) is 8.63. The van der Waals surface area contributed by atoms with Gasteiger partial charge >= 0.3 is 0 Å². The van der Waals surface area contributed by atoms with E-state index in [1.54, 1.807) is 23.1 Å². The van der Waals surface area contributed by atoms with Gasteiger partial charge in [0.25, 0.3) is 0 Å². The number of rotatable bonds is 4. The van der Waals surface area contributed by atoms with Gasteiger partial charge in [0.05, 0.1) is 15.5 Å². The lowest BCUT2D eigenvalue weighted by molar-refractivity contribution is 0.0992. The quantitative estimate of drug-likeness (QED) is 0.671. The summed E-state index contributed by atoms with van der Waals surface area (Å²) in [5.74, 6) is 1.55. The first-order chi connectivity index (χ1) is 9.47. The molecule has 0 radical (unpaired) electrons. The molecule has 112 valence electrons. The van der Waals surface area contributed by atoms with Crippen molar-refractivity contribution in [1.29, 1.82) is 0 Å². The summed E-state index contributed by atoms with van der Waals surface area (Å²) < 4.78 is 0. The minimum absolute atomic E-state index is 0.159. The maximum Gasteiger partial charge on any atom is 0.174 e. The van der Waals surface area contributed by atoms with Gasteiger partial charge in [0.1, 0.15) is 5.00 Å². The van der Waals surface area contributed by atoms with Gasteiger partial charge in [-0.2, -0.15) is 0 Å². The van der Waals surface area contributed by atoms with Gasteiger partial charge in [-0.1, -0.05) is 20.8 Å². The van der Waals surface area contributed by atoms with Crippen LogP contribution in [0, 0.1) is 11.8 Å². The lowest BCUT2D eigenvalue weighted by Gasteiger charge is -2.36. The molecular formula is C15H24N2OS2. The monoisotopic (exact) mass is 312 g/mol. The Bertz CT molecular complexity index is 488. The number of Topliss-reactive ketones (excluding diaryl/α,β-unsaturated/α-hetero) is 1. The average Bonchev–Trinajstić information content (AvgIpc) is 2.73. The molecule has 0 bridgehead atoms. The molecule has 5 heteroatoms. The van der Waals surface area contributed by atoms with Crippen LogP contribution in [0.25, 0.3) is 0 Å². The van der Waals surface area contributed by atoms with Crippen LogP contribution in [0.3, 0.4) is 0 Å². The number of piperidine rings is 1. The van der Waals surface area contributed by atoms with Crippen molar-refractivity contribution in [2.24, 2.45) is 11.8 Å². The number of ketones is 1. The number of carbonyl (C=O) groups excluding carboxylic acids is 1. The molecule has 2 heterocycles. The third kappa shape index (κ3) is 2.98. The Morgan fingerprint density at radius 3 is 2.50 bits per heavy atom. The lowest BCUT2D eigenvalue weighted by atomic mass is 9.92. The molecule has 1 aliphatic rings. The van der Waals surface area contributed by atoms with Gasteiger partial charge in [-0.25, -0.2) is 0 Å². The Morgan fingerprint density at radius 1 is 1.40 bits per heavy atom. The molecule has 1 aromatic rings. The highest BCUT2D eigenvalue weighted by molar-refractivity contribution is 7.99. The number of thiophene rings is 1. The number of anilines is 2. The highest BCUT2D eigenvalue weighted by Gasteiger charge is 2.28. The fourth-order valence-corrected chi connectivity index (χ4v) is 5.23. The van der Waals surface area contributed by atoms with Crippen molar-refractivity contribution in [3.8, 4) is 0 Å². The summed E-state index contributed by atoms with van der Waals surface area (Å²) in [6.07, 6.45) is 3.84. The van der Waals surface area contributed by atoms with Crippen LogP contribution in [0.2, 0.25) is 0 Å². The zero-order valence-corrected chi connectivity index (χ0v) is 14.4. The second-order valence-electron chi connectivity index (χ2n) is 5.81. The van der Waals surface area contributed by atoms with Crippen LogP contribution < -0.4 is 10.6 Å². The van der Waals surface area contributed by atoms with E-state index in [0.717, 1.165) is 22.9 Å². The van der Waals surface area contributed by atoms with E-state index in [0.29, 0.717) is 23.9 Å². The summed E-state index contributed by atoms with van der Waals surface area (Å²) in [4.78, 5) is 16.3. The predicted molar refractivity (Wildman–Crippen MR) is 90.3 cm³/mol. The Labute approximate surface area is 129 Å². The van der Waals surface area contributed by atoms with E-state index in [4.69, 9.17) is 5.73 Å². The van der Waals surface area contributed by atoms with E-state index in [1.807, 2.05) is 13.2 Å². The van der Waals surface area contributed by atoms with Crippen LogP contribution >= 0.6 is 23.1 Å². The number of nitrogens with zero attached hydrogens (tertiary/aromatic N) is 1. The second kappa shape index (κ2) is 6.39. The normalized spacial score (nSPS) is 23.1. The standard InChI is InChI=1S/C15H24N2OS2/c1-5-11(18)13-12(16)14(19-4)15(20-13)17-7-9(2)6-10(3)8-17/h9-10H,5-8,16H2,1-4H3. The molecule has 2 unspecified atom stereocenters. The van der Waals surface area contributed by atoms with E-state index in [9.17, 15) is 4.79 Å². The zero-order chi connectivity index (χ0) is 14.9. The summed E-state index contributed by atoms with van der Waals surface area (Å²) in [7, 11) is 0. The maximum absolute atomic E-state index is 12.0. The van der Waals surface area contributed by atoms with Gasteiger partial charge in [0, 0.05) is 19.5 Å². The molecule has 0 saturated carbocycles.